The van der Waals surface area contributed by atoms with Gasteiger partial charge < -0.3 is 5.11 Å². The van der Waals surface area contributed by atoms with Gasteiger partial charge in [0.25, 0.3) is 0 Å². The van der Waals surface area contributed by atoms with E-state index in [1.807, 2.05) is 6.20 Å². The Hall–Kier alpha value is -1.66. The molecule has 3 heterocycles. The van der Waals surface area contributed by atoms with Crippen molar-refractivity contribution in [3.63, 3.8) is 0 Å². The van der Waals surface area contributed by atoms with Crippen LogP contribution in [-0.4, -0.2) is 39.3 Å². The third-order valence-electron chi connectivity index (χ3n) is 4.56. The van der Waals surface area contributed by atoms with Gasteiger partial charge in [-0.05, 0) is 22.8 Å². The average molecular weight is 319 g/mol. The minimum atomic E-state index is -0.706. The molecule has 5 nitrogen and oxygen atoms in total. The lowest BCUT2D eigenvalue weighted by Gasteiger charge is -2.24. The van der Waals surface area contributed by atoms with Crippen LogP contribution >= 0.6 is 11.3 Å². The normalized spacial score (nSPS) is 21.3. The predicted octanol–water partition coefficient (Wildman–Crippen LogP) is 3.07. The lowest BCUT2D eigenvalue weighted by molar-refractivity contribution is -0.138. The minimum Gasteiger partial charge on any atom is -0.481 e. The van der Waals surface area contributed by atoms with E-state index < -0.39 is 5.97 Å². The Bertz CT molecular complexity index is 648. The van der Waals surface area contributed by atoms with Gasteiger partial charge in [-0.15, -0.1) is 0 Å². The van der Waals surface area contributed by atoms with Crippen LogP contribution in [0, 0.1) is 11.3 Å². The number of carboxylic acid groups (broad SMARTS) is 1. The van der Waals surface area contributed by atoms with Crippen molar-refractivity contribution in [1.29, 1.82) is 0 Å². The highest BCUT2D eigenvalue weighted by atomic mass is 32.1. The minimum absolute atomic E-state index is 0.0324. The molecule has 0 radical (unpaired) electrons. The first-order valence-corrected chi connectivity index (χ1v) is 8.39. The second kappa shape index (κ2) is 5.85. The summed E-state index contributed by atoms with van der Waals surface area (Å²) >= 11 is 1.67. The van der Waals surface area contributed by atoms with E-state index in [0.29, 0.717) is 0 Å². The van der Waals surface area contributed by atoms with E-state index in [9.17, 15) is 4.79 Å². The van der Waals surface area contributed by atoms with Gasteiger partial charge in [-0.1, -0.05) is 13.8 Å². The first-order valence-electron chi connectivity index (χ1n) is 7.44. The number of aromatic nitrogens is 2. The van der Waals surface area contributed by atoms with E-state index in [1.165, 1.54) is 5.56 Å². The molecule has 0 bridgehead atoms. The maximum Gasteiger partial charge on any atom is 0.303 e. The summed E-state index contributed by atoms with van der Waals surface area (Å²) in [6, 6.07) is 2.09. The molecule has 0 saturated carbocycles. The highest BCUT2D eigenvalue weighted by Crippen LogP contribution is 2.38. The summed E-state index contributed by atoms with van der Waals surface area (Å²) in [5.41, 5.74) is 3.44. The number of carbonyl (C=O) groups is 1. The molecule has 1 aliphatic heterocycles. The van der Waals surface area contributed by atoms with Crippen molar-refractivity contribution >= 4 is 17.3 Å². The Morgan fingerprint density at radius 1 is 1.59 bits per heavy atom. The number of nitrogens with zero attached hydrogens (tertiary/aromatic N) is 2. The van der Waals surface area contributed by atoms with Gasteiger partial charge in [-0.2, -0.15) is 16.4 Å². The van der Waals surface area contributed by atoms with Crippen molar-refractivity contribution in [2.24, 2.45) is 11.3 Å². The van der Waals surface area contributed by atoms with Gasteiger partial charge in [0.2, 0.25) is 0 Å². The van der Waals surface area contributed by atoms with Gasteiger partial charge in [-0.25, -0.2) is 0 Å². The molecule has 118 valence electrons. The maximum absolute atomic E-state index is 11.0. The highest BCUT2D eigenvalue weighted by molar-refractivity contribution is 7.08. The molecule has 2 aromatic rings. The molecule has 1 atom stereocenters. The number of likely N-dealkylation sites (tertiary alicyclic amines) is 1. The smallest absolute Gasteiger partial charge is 0.303 e. The predicted molar refractivity (Wildman–Crippen MR) is 86.7 cm³/mol. The lowest BCUT2D eigenvalue weighted by atomic mass is 9.80. The molecule has 3 rings (SSSR count). The highest BCUT2D eigenvalue weighted by Gasteiger charge is 2.40. The van der Waals surface area contributed by atoms with Gasteiger partial charge in [0.1, 0.15) is 0 Å². The molecule has 1 fully saturated rings. The van der Waals surface area contributed by atoms with Crippen LogP contribution in [0.1, 0.15) is 25.8 Å². The fourth-order valence-electron chi connectivity index (χ4n) is 3.33. The summed E-state index contributed by atoms with van der Waals surface area (Å²) < 4.78 is 0. The van der Waals surface area contributed by atoms with E-state index in [1.54, 1.807) is 11.3 Å². The summed E-state index contributed by atoms with van der Waals surface area (Å²) in [5.74, 6) is -0.510. The van der Waals surface area contributed by atoms with E-state index in [4.69, 9.17) is 5.11 Å². The summed E-state index contributed by atoms with van der Waals surface area (Å²) in [6.07, 6.45) is 2.12. The van der Waals surface area contributed by atoms with E-state index in [0.717, 1.165) is 30.9 Å². The number of nitrogens with one attached hydrogen (secondary N) is 1. The van der Waals surface area contributed by atoms with Crippen molar-refractivity contribution in [2.45, 2.75) is 26.8 Å². The molecule has 1 saturated heterocycles. The number of hydrogen-bond donors (Lipinski definition) is 2. The van der Waals surface area contributed by atoms with Crippen molar-refractivity contribution in [2.75, 3.05) is 13.1 Å². The van der Waals surface area contributed by atoms with E-state index in [2.05, 4.69) is 45.8 Å². The number of thiophene rings is 1. The van der Waals surface area contributed by atoms with E-state index in [-0.39, 0.29) is 17.8 Å². The fraction of sp³-hybridized carbons (Fsp3) is 0.500. The van der Waals surface area contributed by atoms with Crippen LogP contribution in [0.2, 0.25) is 0 Å². The summed E-state index contributed by atoms with van der Waals surface area (Å²) in [5, 5.41) is 20.5. The SMILES string of the molecule is CC1(C)CN(Cc2cn[nH]c2-c2ccsc2)CC1CC(=O)O. The molecule has 0 aliphatic carbocycles. The maximum atomic E-state index is 11.0. The van der Waals surface area contributed by atoms with Gasteiger partial charge in [-0.3, -0.25) is 14.8 Å². The number of H-pyrrole nitrogens is 1. The molecule has 6 heteroatoms. The van der Waals surface area contributed by atoms with Crippen molar-refractivity contribution in [3.05, 3.63) is 28.6 Å². The molecule has 1 aliphatic rings. The number of rotatable bonds is 5. The third kappa shape index (κ3) is 3.08. The van der Waals surface area contributed by atoms with Crippen LogP contribution in [-0.2, 0) is 11.3 Å². The summed E-state index contributed by atoms with van der Waals surface area (Å²) in [4.78, 5) is 13.4. The number of aromatic amines is 1. The lowest BCUT2D eigenvalue weighted by Crippen LogP contribution is -2.24. The second-order valence-corrected chi connectivity index (χ2v) is 7.52. The Labute approximate surface area is 134 Å². The van der Waals surface area contributed by atoms with Crippen molar-refractivity contribution in [1.82, 2.24) is 15.1 Å². The Balaban J connectivity index is 1.73. The Kier molecular flexibility index (Phi) is 4.06. The van der Waals surface area contributed by atoms with Gasteiger partial charge in [0, 0.05) is 42.6 Å². The third-order valence-corrected chi connectivity index (χ3v) is 5.24. The molecule has 0 spiro atoms. The first kappa shape index (κ1) is 15.2. The molecule has 2 N–H and O–H groups in total. The van der Waals surface area contributed by atoms with Crippen LogP contribution in [0.5, 0.6) is 0 Å². The molecule has 1 unspecified atom stereocenters. The van der Waals surface area contributed by atoms with Crippen LogP contribution < -0.4 is 0 Å². The standard InChI is InChI=1S/C16H21N3O2S/c1-16(2)10-19(8-13(16)5-14(20)21)7-12-6-17-18-15(12)11-3-4-22-9-11/h3-4,6,9,13H,5,7-8,10H2,1-2H3,(H,17,18)(H,20,21). The molecule has 0 aromatic carbocycles. The number of aliphatic carboxylic acids is 1. The fourth-order valence-corrected chi connectivity index (χ4v) is 3.98. The summed E-state index contributed by atoms with van der Waals surface area (Å²) in [7, 11) is 0. The van der Waals surface area contributed by atoms with Crippen LogP contribution in [0.15, 0.2) is 23.0 Å². The zero-order valence-corrected chi connectivity index (χ0v) is 13.7. The number of hydrogen-bond acceptors (Lipinski definition) is 4. The van der Waals surface area contributed by atoms with Crippen LogP contribution in [0.25, 0.3) is 11.3 Å². The summed E-state index contributed by atoms with van der Waals surface area (Å²) in [6.45, 7) is 6.87. The monoisotopic (exact) mass is 319 g/mol. The number of carboxylic acids is 1. The largest absolute Gasteiger partial charge is 0.481 e. The van der Waals surface area contributed by atoms with Gasteiger partial charge in [0.05, 0.1) is 11.9 Å². The topological polar surface area (TPSA) is 69.2 Å². The quantitative estimate of drug-likeness (QED) is 0.888. The Morgan fingerprint density at radius 3 is 3.09 bits per heavy atom. The Morgan fingerprint density at radius 2 is 2.41 bits per heavy atom. The zero-order chi connectivity index (χ0) is 15.7. The molecular formula is C16H21N3O2S. The van der Waals surface area contributed by atoms with Crippen molar-refractivity contribution in [3.8, 4) is 11.3 Å². The first-order chi connectivity index (χ1) is 10.5. The van der Waals surface area contributed by atoms with Crippen molar-refractivity contribution < 1.29 is 9.90 Å². The zero-order valence-electron chi connectivity index (χ0n) is 12.9. The molecule has 22 heavy (non-hydrogen) atoms. The molecule has 0 amide bonds. The second-order valence-electron chi connectivity index (χ2n) is 6.74. The average Bonchev–Trinajstić information content (AvgIpc) is 3.10. The van der Waals surface area contributed by atoms with E-state index >= 15 is 0 Å². The van der Waals surface area contributed by atoms with Gasteiger partial charge >= 0.3 is 5.97 Å². The molecule has 2 aromatic heterocycles. The van der Waals surface area contributed by atoms with Gasteiger partial charge in [0.15, 0.2) is 0 Å². The van der Waals surface area contributed by atoms with Crippen LogP contribution in [0.3, 0.4) is 0 Å². The van der Waals surface area contributed by atoms with Crippen LogP contribution in [0.4, 0.5) is 0 Å². The molecular weight excluding hydrogens is 298 g/mol.